The van der Waals surface area contributed by atoms with E-state index in [1.54, 1.807) is 24.3 Å². The first-order chi connectivity index (χ1) is 9.99. The van der Waals surface area contributed by atoms with Gasteiger partial charge in [-0.3, -0.25) is 4.79 Å². The Labute approximate surface area is 131 Å². The van der Waals surface area contributed by atoms with Crippen LogP contribution in [0.1, 0.15) is 21.5 Å². The summed E-state index contributed by atoms with van der Waals surface area (Å²) < 4.78 is 0. The van der Waals surface area contributed by atoms with E-state index < -0.39 is 0 Å². The van der Waals surface area contributed by atoms with E-state index in [1.165, 1.54) is 12.1 Å². The molecule has 2 aromatic rings. The SMILES string of the molecule is O=C1C(=Cc2cccc(Cl)c2Cl)Cc2c1ccc(O)c2O. The third-order valence-electron chi connectivity index (χ3n) is 3.48. The summed E-state index contributed by atoms with van der Waals surface area (Å²) in [6, 6.07) is 7.99. The summed E-state index contributed by atoms with van der Waals surface area (Å²) in [6.45, 7) is 0. The maximum absolute atomic E-state index is 12.3. The number of phenolic OH excluding ortho intramolecular Hbond substituents is 2. The molecule has 0 saturated heterocycles. The zero-order valence-electron chi connectivity index (χ0n) is 10.7. The molecule has 0 fully saturated rings. The van der Waals surface area contributed by atoms with Crippen molar-refractivity contribution in [3.63, 3.8) is 0 Å². The van der Waals surface area contributed by atoms with Gasteiger partial charge in [-0.25, -0.2) is 0 Å². The number of rotatable bonds is 1. The molecule has 0 atom stereocenters. The number of halogens is 2. The fourth-order valence-corrected chi connectivity index (χ4v) is 2.76. The van der Waals surface area contributed by atoms with Crippen molar-refractivity contribution in [2.45, 2.75) is 6.42 Å². The molecule has 0 aliphatic heterocycles. The molecular weight excluding hydrogens is 311 g/mol. The quantitative estimate of drug-likeness (QED) is 0.610. The zero-order chi connectivity index (χ0) is 15.1. The first-order valence-corrected chi connectivity index (χ1v) is 6.97. The predicted molar refractivity (Wildman–Crippen MR) is 82.2 cm³/mol. The van der Waals surface area contributed by atoms with Gasteiger partial charge in [0.25, 0.3) is 0 Å². The lowest BCUT2D eigenvalue weighted by Crippen LogP contribution is -1.95. The second-order valence-corrected chi connectivity index (χ2v) is 5.56. The highest BCUT2D eigenvalue weighted by molar-refractivity contribution is 6.43. The first kappa shape index (κ1) is 14.0. The zero-order valence-corrected chi connectivity index (χ0v) is 12.2. The number of carbonyl (C=O) groups excluding carboxylic acids is 1. The van der Waals surface area contributed by atoms with E-state index >= 15 is 0 Å². The Morgan fingerprint density at radius 2 is 1.86 bits per heavy atom. The number of allylic oxidation sites excluding steroid dienone is 1. The van der Waals surface area contributed by atoms with Crippen molar-refractivity contribution >= 4 is 35.1 Å². The number of hydrogen-bond donors (Lipinski definition) is 2. The Kier molecular flexibility index (Phi) is 3.40. The Morgan fingerprint density at radius 1 is 1.10 bits per heavy atom. The Bertz CT molecular complexity index is 794. The smallest absolute Gasteiger partial charge is 0.189 e. The average Bonchev–Trinajstić information content (AvgIpc) is 2.77. The Morgan fingerprint density at radius 3 is 2.62 bits per heavy atom. The summed E-state index contributed by atoms with van der Waals surface area (Å²) in [7, 11) is 0. The van der Waals surface area contributed by atoms with Gasteiger partial charge in [0, 0.05) is 23.1 Å². The molecule has 106 valence electrons. The lowest BCUT2D eigenvalue weighted by Gasteiger charge is -2.02. The van der Waals surface area contributed by atoms with Crippen LogP contribution < -0.4 is 0 Å². The maximum Gasteiger partial charge on any atom is 0.189 e. The number of aromatic hydroxyl groups is 2. The van der Waals surface area contributed by atoms with Gasteiger partial charge in [0.05, 0.1) is 10.0 Å². The maximum atomic E-state index is 12.3. The molecule has 3 rings (SSSR count). The minimum atomic E-state index is -0.249. The molecule has 2 aromatic carbocycles. The van der Waals surface area contributed by atoms with Crippen molar-refractivity contribution in [2.24, 2.45) is 0 Å². The van der Waals surface area contributed by atoms with Crippen molar-refractivity contribution in [1.29, 1.82) is 0 Å². The topological polar surface area (TPSA) is 57.5 Å². The van der Waals surface area contributed by atoms with Gasteiger partial charge in [-0.2, -0.15) is 0 Å². The van der Waals surface area contributed by atoms with Crippen LogP contribution in [0.15, 0.2) is 35.9 Å². The van der Waals surface area contributed by atoms with Gasteiger partial charge in [0.1, 0.15) is 0 Å². The number of fused-ring (bicyclic) bond motifs is 1. The highest BCUT2D eigenvalue weighted by Crippen LogP contribution is 2.39. The van der Waals surface area contributed by atoms with E-state index in [4.69, 9.17) is 23.2 Å². The number of phenols is 2. The average molecular weight is 321 g/mol. The molecule has 0 unspecified atom stereocenters. The molecule has 1 aliphatic rings. The van der Waals surface area contributed by atoms with Crippen molar-refractivity contribution in [1.82, 2.24) is 0 Å². The van der Waals surface area contributed by atoms with Crippen molar-refractivity contribution in [2.75, 3.05) is 0 Å². The van der Waals surface area contributed by atoms with Crippen molar-refractivity contribution in [3.05, 3.63) is 62.6 Å². The fourth-order valence-electron chi connectivity index (χ4n) is 2.40. The van der Waals surface area contributed by atoms with Crippen LogP contribution in [0.4, 0.5) is 0 Å². The largest absolute Gasteiger partial charge is 0.504 e. The fraction of sp³-hybridized carbons (Fsp3) is 0.0625. The molecule has 0 aromatic heterocycles. The van der Waals surface area contributed by atoms with Crippen LogP contribution in [-0.2, 0) is 6.42 Å². The van der Waals surface area contributed by atoms with Crippen LogP contribution in [0.5, 0.6) is 11.5 Å². The third kappa shape index (κ3) is 2.28. The molecule has 5 heteroatoms. The molecule has 3 nitrogen and oxygen atoms in total. The number of benzene rings is 2. The van der Waals surface area contributed by atoms with Gasteiger partial charge in [0.2, 0.25) is 0 Å². The highest BCUT2D eigenvalue weighted by Gasteiger charge is 2.28. The van der Waals surface area contributed by atoms with E-state index in [0.29, 0.717) is 32.3 Å². The standard InChI is InChI=1S/C16H10Cl2O3/c17-12-3-1-2-8(14(12)18)6-9-7-11-10(15(9)20)4-5-13(19)16(11)21/h1-6,19,21H,7H2. The summed E-state index contributed by atoms with van der Waals surface area (Å²) >= 11 is 12.1. The van der Waals surface area contributed by atoms with E-state index in [1.807, 2.05) is 0 Å². The monoisotopic (exact) mass is 320 g/mol. The summed E-state index contributed by atoms with van der Waals surface area (Å²) in [5, 5.41) is 20.1. The summed E-state index contributed by atoms with van der Waals surface area (Å²) in [6.07, 6.45) is 1.91. The van der Waals surface area contributed by atoms with Crippen LogP contribution in [-0.4, -0.2) is 16.0 Å². The second-order valence-electron chi connectivity index (χ2n) is 4.78. The molecule has 2 N–H and O–H groups in total. The summed E-state index contributed by atoms with van der Waals surface area (Å²) in [4.78, 5) is 12.3. The highest BCUT2D eigenvalue weighted by atomic mass is 35.5. The van der Waals surface area contributed by atoms with Gasteiger partial charge in [-0.1, -0.05) is 35.3 Å². The normalized spacial score (nSPS) is 15.5. The van der Waals surface area contributed by atoms with Crippen LogP contribution in [0.25, 0.3) is 6.08 Å². The molecule has 21 heavy (non-hydrogen) atoms. The van der Waals surface area contributed by atoms with Gasteiger partial charge in [-0.15, -0.1) is 0 Å². The molecule has 0 heterocycles. The minimum Gasteiger partial charge on any atom is -0.504 e. The first-order valence-electron chi connectivity index (χ1n) is 6.22. The molecule has 0 bridgehead atoms. The van der Waals surface area contributed by atoms with Gasteiger partial charge < -0.3 is 10.2 Å². The molecule has 0 radical (unpaired) electrons. The van der Waals surface area contributed by atoms with Crippen LogP contribution in [0.2, 0.25) is 10.0 Å². The lowest BCUT2D eigenvalue weighted by molar-refractivity contribution is 0.104. The summed E-state index contributed by atoms with van der Waals surface area (Å²) in [5.41, 5.74) is 1.97. The van der Waals surface area contributed by atoms with E-state index in [-0.39, 0.29) is 23.7 Å². The summed E-state index contributed by atoms with van der Waals surface area (Å²) in [5.74, 6) is -0.665. The van der Waals surface area contributed by atoms with Crippen LogP contribution >= 0.6 is 23.2 Å². The van der Waals surface area contributed by atoms with Crippen LogP contribution in [0, 0.1) is 0 Å². The molecular formula is C16H10Cl2O3. The van der Waals surface area contributed by atoms with E-state index in [9.17, 15) is 15.0 Å². The van der Waals surface area contributed by atoms with Crippen molar-refractivity contribution < 1.29 is 15.0 Å². The number of Topliss-reactive ketones (excluding diaryl/α,β-unsaturated/α-hetero) is 1. The lowest BCUT2D eigenvalue weighted by atomic mass is 10.1. The molecule has 0 amide bonds. The predicted octanol–water partition coefficient (Wildman–Crippen LogP) is 4.23. The Balaban J connectivity index is 2.07. The number of ketones is 1. The number of carbonyl (C=O) groups is 1. The van der Waals surface area contributed by atoms with E-state index in [2.05, 4.69) is 0 Å². The van der Waals surface area contributed by atoms with Gasteiger partial charge in [-0.05, 0) is 29.8 Å². The van der Waals surface area contributed by atoms with E-state index in [0.717, 1.165) is 0 Å². The number of hydrogen-bond acceptors (Lipinski definition) is 3. The van der Waals surface area contributed by atoms with Gasteiger partial charge in [0.15, 0.2) is 17.3 Å². The van der Waals surface area contributed by atoms with Crippen LogP contribution in [0.3, 0.4) is 0 Å². The van der Waals surface area contributed by atoms with Gasteiger partial charge >= 0.3 is 0 Å². The van der Waals surface area contributed by atoms with Crippen molar-refractivity contribution in [3.8, 4) is 11.5 Å². The molecule has 0 spiro atoms. The minimum absolute atomic E-state index is 0.184. The molecule has 0 saturated carbocycles. The second kappa shape index (κ2) is 5.10. The molecule has 1 aliphatic carbocycles. The third-order valence-corrected chi connectivity index (χ3v) is 4.31. The Hall–Kier alpha value is -1.97.